The van der Waals surface area contributed by atoms with E-state index in [-0.39, 0.29) is 13.1 Å². The highest BCUT2D eigenvalue weighted by atomic mass is 16.5. The van der Waals surface area contributed by atoms with Crippen molar-refractivity contribution in [2.75, 3.05) is 25.9 Å². The topological polar surface area (TPSA) is 98.6 Å². The molecule has 0 radical (unpaired) electrons. The van der Waals surface area contributed by atoms with Crippen molar-refractivity contribution in [3.8, 4) is 0 Å². The fourth-order valence-corrected chi connectivity index (χ4v) is 1.55. The van der Waals surface area contributed by atoms with Crippen LogP contribution >= 0.6 is 0 Å². The zero-order valence-electron chi connectivity index (χ0n) is 10.3. The van der Waals surface area contributed by atoms with Gasteiger partial charge in [0.05, 0.1) is 20.2 Å². The van der Waals surface area contributed by atoms with Gasteiger partial charge >= 0.3 is 5.97 Å². The first kappa shape index (κ1) is 14.0. The van der Waals surface area contributed by atoms with E-state index in [4.69, 9.17) is 11.5 Å². The molecule has 0 aromatic heterocycles. The maximum absolute atomic E-state index is 11.2. The number of carbonyl (C=O) groups is 2. The molecule has 1 aromatic carbocycles. The number of methoxy groups -OCH3 is 1. The Bertz CT molecular complexity index is 434. The molecule has 0 saturated carbocycles. The fraction of sp³-hybridized carbons (Fsp3) is 0.333. The third-order valence-electron chi connectivity index (χ3n) is 2.41. The van der Waals surface area contributed by atoms with Crippen LogP contribution in [0.15, 0.2) is 24.3 Å². The van der Waals surface area contributed by atoms with Gasteiger partial charge in [0.15, 0.2) is 0 Å². The molecule has 6 nitrogen and oxygen atoms in total. The molecule has 0 aliphatic heterocycles. The summed E-state index contributed by atoms with van der Waals surface area (Å²) in [4.78, 5) is 23.8. The summed E-state index contributed by atoms with van der Waals surface area (Å²) in [7, 11) is 1.29. The molecule has 6 heteroatoms. The Labute approximate surface area is 105 Å². The average Bonchev–Trinajstić information content (AvgIpc) is 2.31. The van der Waals surface area contributed by atoms with Gasteiger partial charge in [0.25, 0.3) is 0 Å². The summed E-state index contributed by atoms with van der Waals surface area (Å²) < 4.78 is 4.57. The third kappa shape index (κ3) is 4.42. The lowest BCUT2D eigenvalue weighted by Gasteiger charge is -2.20. The SMILES string of the molecule is COC(=O)CN(CC(N)=O)Cc1ccccc1N. The van der Waals surface area contributed by atoms with Crippen LogP contribution in [-0.2, 0) is 20.9 Å². The predicted octanol–water partition coefficient (Wildman–Crippen LogP) is -0.271. The second-order valence-electron chi connectivity index (χ2n) is 3.89. The lowest BCUT2D eigenvalue weighted by Crippen LogP contribution is -2.37. The molecule has 1 aromatic rings. The molecule has 0 heterocycles. The Morgan fingerprint density at radius 2 is 1.94 bits per heavy atom. The minimum absolute atomic E-state index is 0.00618. The molecule has 98 valence electrons. The zero-order valence-corrected chi connectivity index (χ0v) is 10.3. The molecule has 0 aliphatic carbocycles. The highest BCUT2D eigenvalue weighted by Crippen LogP contribution is 2.13. The molecule has 18 heavy (non-hydrogen) atoms. The average molecular weight is 251 g/mol. The lowest BCUT2D eigenvalue weighted by atomic mass is 10.1. The number of ether oxygens (including phenoxy) is 1. The van der Waals surface area contributed by atoms with E-state index in [1.807, 2.05) is 18.2 Å². The molecule has 1 rings (SSSR count). The number of nitrogens with zero attached hydrogens (tertiary/aromatic N) is 1. The molecule has 0 aliphatic rings. The Kier molecular flexibility index (Phi) is 5.13. The van der Waals surface area contributed by atoms with E-state index < -0.39 is 11.9 Å². The summed E-state index contributed by atoms with van der Waals surface area (Å²) in [5.41, 5.74) is 12.4. The predicted molar refractivity (Wildman–Crippen MR) is 67.3 cm³/mol. The molecule has 1 amide bonds. The van der Waals surface area contributed by atoms with E-state index in [1.54, 1.807) is 11.0 Å². The molecule has 0 unspecified atom stereocenters. The maximum atomic E-state index is 11.2. The molecular formula is C12H17N3O3. The number of nitrogens with two attached hydrogens (primary N) is 2. The van der Waals surface area contributed by atoms with Gasteiger partial charge in [-0.15, -0.1) is 0 Å². The number of benzene rings is 1. The van der Waals surface area contributed by atoms with Crippen molar-refractivity contribution in [2.24, 2.45) is 5.73 Å². The van der Waals surface area contributed by atoms with Gasteiger partial charge < -0.3 is 16.2 Å². The standard InChI is InChI=1S/C12H17N3O3/c1-18-12(17)8-15(7-11(14)16)6-9-4-2-3-5-10(9)13/h2-5H,6-8,13H2,1H3,(H2,14,16). The molecule has 4 N–H and O–H groups in total. The summed E-state index contributed by atoms with van der Waals surface area (Å²) in [5, 5.41) is 0. The van der Waals surface area contributed by atoms with Gasteiger partial charge in [-0.3, -0.25) is 14.5 Å². The first-order valence-electron chi connectivity index (χ1n) is 5.43. The van der Waals surface area contributed by atoms with Crippen molar-refractivity contribution < 1.29 is 14.3 Å². The minimum Gasteiger partial charge on any atom is -0.468 e. The zero-order chi connectivity index (χ0) is 13.5. The number of para-hydroxylation sites is 1. The van der Waals surface area contributed by atoms with Crippen molar-refractivity contribution in [3.63, 3.8) is 0 Å². The van der Waals surface area contributed by atoms with E-state index in [0.717, 1.165) is 5.56 Å². The van der Waals surface area contributed by atoms with Gasteiger partial charge in [-0.05, 0) is 11.6 Å². The Hall–Kier alpha value is -2.08. The van der Waals surface area contributed by atoms with Crippen LogP contribution in [-0.4, -0.2) is 37.0 Å². The van der Waals surface area contributed by atoms with E-state index in [2.05, 4.69) is 4.74 Å². The minimum atomic E-state index is -0.506. The van der Waals surface area contributed by atoms with Crippen molar-refractivity contribution in [1.82, 2.24) is 4.90 Å². The van der Waals surface area contributed by atoms with Crippen molar-refractivity contribution in [3.05, 3.63) is 29.8 Å². The first-order chi connectivity index (χ1) is 8.52. The number of esters is 1. The number of hydrogen-bond acceptors (Lipinski definition) is 5. The van der Waals surface area contributed by atoms with Crippen LogP contribution in [0.4, 0.5) is 5.69 Å². The number of rotatable bonds is 6. The number of primary amides is 1. The smallest absolute Gasteiger partial charge is 0.319 e. The maximum Gasteiger partial charge on any atom is 0.319 e. The van der Waals surface area contributed by atoms with Crippen LogP contribution in [0.25, 0.3) is 0 Å². The van der Waals surface area contributed by atoms with E-state index >= 15 is 0 Å². The highest BCUT2D eigenvalue weighted by molar-refractivity contribution is 5.77. The van der Waals surface area contributed by atoms with Gasteiger partial charge in [0.1, 0.15) is 0 Å². The molecule has 0 saturated heterocycles. The van der Waals surface area contributed by atoms with Gasteiger partial charge in [-0.2, -0.15) is 0 Å². The lowest BCUT2D eigenvalue weighted by molar-refractivity contribution is -0.142. The molecule has 0 spiro atoms. The number of hydrogen-bond donors (Lipinski definition) is 2. The Morgan fingerprint density at radius 3 is 2.50 bits per heavy atom. The normalized spacial score (nSPS) is 10.3. The summed E-state index contributed by atoms with van der Waals surface area (Å²) in [6.45, 7) is 0.335. The fourth-order valence-electron chi connectivity index (χ4n) is 1.55. The van der Waals surface area contributed by atoms with Gasteiger partial charge in [0, 0.05) is 12.2 Å². The van der Waals surface area contributed by atoms with Crippen molar-refractivity contribution >= 4 is 17.6 Å². The van der Waals surface area contributed by atoms with Crippen molar-refractivity contribution in [2.45, 2.75) is 6.54 Å². The second kappa shape index (κ2) is 6.61. The molecule has 0 atom stereocenters. The van der Waals surface area contributed by atoms with Crippen LogP contribution in [0.2, 0.25) is 0 Å². The number of amides is 1. The third-order valence-corrected chi connectivity index (χ3v) is 2.41. The molecule has 0 bridgehead atoms. The Morgan fingerprint density at radius 1 is 1.28 bits per heavy atom. The summed E-state index contributed by atoms with van der Waals surface area (Å²) >= 11 is 0. The highest BCUT2D eigenvalue weighted by Gasteiger charge is 2.14. The summed E-state index contributed by atoms with van der Waals surface area (Å²) in [6.07, 6.45) is 0. The van der Waals surface area contributed by atoms with Crippen LogP contribution in [0.1, 0.15) is 5.56 Å². The van der Waals surface area contributed by atoms with Gasteiger partial charge in [-0.1, -0.05) is 18.2 Å². The van der Waals surface area contributed by atoms with Gasteiger partial charge in [0.2, 0.25) is 5.91 Å². The van der Waals surface area contributed by atoms with Gasteiger partial charge in [-0.25, -0.2) is 0 Å². The van der Waals surface area contributed by atoms with Crippen LogP contribution < -0.4 is 11.5 Å². The van der Waals surface area contributed by atoms with Crippen molar-refractivity contribution in [1.29, 1.82) is 0 Å². The number of carbonyl (C=O) groups excluding carboxylic acids is 2. The van der Waals surface area contributed by atoms with Crippen LogP contribution in [0.5, 0.6) is 0 Å². The molecule has 0 fully saturated rings. The van der Waals surface area contributed by atoms with E-state index in [0.29, 0.717) is 12.2 Å². The second-order valence-corrected chi connectivity index (χ2v) is 3.89. The number of anilines is 1. The quantitative estimate of drug-likeness (QED) is 0.535. The first-order valence-corrected chi connectivity index (χ1v) is 5.43. The van der Waals surface area contributed by atoms with Crippen LogP contribution in [0, 0.1) is 0 Å². The van der Waals surface area contributed by atoms with Crippen LogP contribution in [0.3, 0.4) is 0 Å². The summed E-state index contributed by atoms with van der Waals surface area (Å²) in [5.74, 6) is -0.931. The summed E-state index contributed by atoms with van der Waals surface area (Å²) in [6, 6.07) is 7.25. The largest absolute Gasteiger partial charge is 0.468 e. The van der Waals surface area contributed by atoms with E-state index in [1.165, 1.54) is 7.11 Å². The van der Waals surface area contributed by atoms with E-state index in [9.17, 15) is 9.59 Å². The number of nitrogen functional groups attached to an aromatic ring is 1. The Balaban J connectivity index is 2.74. The monoisotopic (exact) mass is 251 g/mol. The molecular weight excluding hydrogens is 234 g/mol.